The van der Waals surface area contributed by atoms with E-state index in [-0.39, 0.29) is 0 Å². The molecule has 0 aromatic carbocycles. The van der Waals surface area contributed by atoms with Crippen molar-refractivity contribution in [2.24, 2.45) is 5.92 Å². The number of rotatable bonds is 4. The van der Waals surface area contributed by atoms with Gasteiger partial charge in [0.2, 0.25) is 0 Å². The Balaban J connectivity index is 2.06. The fourth-order valence-corrected chi connectivity index (χ4v) is 2.77. The predicted molar refractivity (Wildman–Crippen MR) is 69.9 cm³/mol. The van der Waals surface area contributed by atoms with Gasteiger partial charge in [0, 0.05) is 12.6 Å². The van der Waals surface area contributed by atoms with E-state index in [1.54, 1.807) is 6.26 Å². The van der Waals surface area contributed by atoms with Crippen molar-refractivity contribution in [1.82, 2.24) is 10.2 Å². The Hall–Kier alpha value is -0.800. The normalized spacial score (nSPS) is 26.6. The highest BCUT2D eigenvalue weighted by atomic mass is 16.3. The van der Waals surface area contributed by atoms with Gasteiger partial charge >= 0.3 is 0 Å². The zero-order valence-electron chi connectivity index (χ0n) is 11.1. The van der Waals surface area contributed by atoms with Gasteiger partial charge in [-0.15, -0.1) is 0 Å². The minimum Gasteiger partial charge on any atom is -0.468 e. The van der Waals surface area contributed by atoms with Crippen LogP contribution in [0.4, 0.5) is 0 Å². The van der Waals surface area contributed by atoms with E-state index in [1.807, 2.05) is 6.07 Å². The molecule has 17 heavy (non-hydrogen) atoms. The lowest BCUT2D eigenvalue weighted by atomic mass is 9.87. The molecule has 96 valence electrons. The van der Waals surface area contributed by atoms with Crippen LogP contribution in [0, 0.1) is 5.92 Å². The zero-order chi connectivity index (χ0) is 12.3. The third kappa shape index (κ3) is 3.11. The Kier molecular flexibility index (Phi) is 4.24. The highest BCUT2D eigenvalue weighted by molar-refractivity contribution is 5.07. The van der Waals surface area contributed by atoms with Crippen LogP contribution in [-0.4, -0.2) is 31.1 Å². The molecule has 0 amide bonds. The summed E-state index contributed by atoms with van der Waals surface area (Å²) in [4.78, 5) is 2.43. The van der Waals surface area contributed by atoms with E-state index in [0.717, 1.165) is 12.3 Å². The molecule has 2 atom stereocenters. The molecular weight excluding hydrogens is 212 g/mol. The second-order valence-corrected chi connectivity index (χ2v) is 5.41. The highest BCUT2D eigenvalue weighted by Gasteiger charge is 2.32. The lowest BCUT2D eigenvalue weighted by molar-refractivity contribution is 0.0999. The van der Waals surface area contributed by atoms with Gasteiger partial charge in [0.15, 0.2) is 0 Å². The fraction of sp³-hybridized carbons (Fsp3) is 0.714. The summed E-state index contributed by atoms with van der Waals surface area (Å²) in [6, 6.07) is 5.09. The van der Waals surface area contributed by atoms with E-state index in [9.17, 15) is 0 Å². The highest BCUT2D eigenvalue weighted by Crippen LogP contribution is 2.34. The summed E-state index contributed by atoms with van der Waals surface area (Å²) in [7, 11) is 2.20. The van der Waals surface area contributed by atoms with Crippen LogP contribution < -0.4 is 5.32 Å². The molecule has 2 heterocycles. The minimum absolute atomic E-state index is 0.435. The van der Waals surface area contributed by atoms with E-state index >= 15 is 0 Å². The first kappa shape index (κ1) is 12.7. The van der Waals surface area contributed by atoms with Gasteiger partial charge in [-0.05, 0) is 44.5 Å². The van der Waals surface area contributed by atoms with Crippen molar-refractivity contribution < 1.29 is 4.42 Å². The van der Waals surface area contributed by atoms with Gasteiger partial charge in [-0.3, -0.25) is 4.90 Å². The topological polar surface area (TPSA) is 28.4 Å². The van der Waals surface area contributed by atoms with Crippen molar-refractivity contribution in [2.45, 2.75) is 38.8 Å². The summed E-state index contributed by atoms with van der Waals surface area (Å²) >= 11 is 0. The van der Waals surface area contributed by atoms with Crippen molar-refractivity contribution in [3.05, 3.63) is 24.2 Å². The van der Waals surface area contributed by atoms with E-state index < -0.39 is 0 Å². The molecule has 0 radical (unpaired) electrons. The van der Waals surface area contributed by atoms with Gasteiger partial charge in [-0.2, -0.15) is 0 Å². The fourth-order valence-electron chi connectivity index (χ4n) is 2.77. The van der Waals surface area contributed by atoms with Crippen molar-refractivity contribution in [3.63, 3.8) is 0 Å². The number of hydrogen-bond acceptors (Lipinski definition) is 3. The molecule has 0 bridgehead atoms. The Labute approximate surface area is 104 Å². The molecule has 1 saturated heterocycles. The summed E-state index contributed by atoms with van der Waals surface area (Å²) in [6.45, 7) is 6.65. The number of nitrogens with one attached hydrogen (secondary N) is 1. The number of nitrogens with zero attached hydrogens (tertiary/aromatic N) is 1. The average Bonchev–Trinajstić information content (AvgIpc) is 2.79. The summed E-state index contributed by atoms with van der Waals surface area (Å²) in [6.07, 6.45) is 4.36. The quantitative estimate of drug-likeness (QED) is 0.871. The maximum absolute atomic E-state index is 5.61. The monoisotopic (exact) mass is 236 g/mol. The Morgan fingerprint density at radius 2 is 2.35 bits per heavy atom. The molecule has 1 aliphatic heterocycles. The predicted octanol–water partition coefficient (Wildman–Crippen LogP) is 2.66. The second kappa shape index (κ2) is 5.69. The van der Waals surface area contributed by atoms with Crippen LogP contribution >= 0.6 is 0 Å². The number of furan rings is 1. The van der Waals surface area contributed by atoms with Crippen molar-refractivity contribution in [1.29, 1.82) is 0 Å². The average molecular weight is 236 g/mol. The molecule has 1 aromatic rings. The summed E-state index contributed by atoms with van der Waals surface area (Å²) < 4.78 is 5.61. The van der Waals surface area contributed by atoms with E-state index in [0.29, 0.717) is 18.0 Å². The van der Waals surface area contributed by atoms with Crippen LogP contribution in [-0.2, 0) is 0 Å². The standard InChI is InChI=1S/C14H24N2O/c1-11(2)15-10-12-6-4-8-16(3)14(12)13-7-5-9-17-13/h5,7,9,11-12,14-15H,4,6,8,10H2,1-3H3. The molecule has 3 nitrogen and oxygen atoms in total. The van der Waals surface area contributed by atoms with Crippen LogP contribution in [0.5, 0.6) is 0 Å². The first-order valence-corrected chi connectivity index (χ1v) is 6.65. The van der Waals surface area contributed by atoms with Gasteiger partial charge in [0.25, 0.3) is 0 Å². The largest absolute Gasteiger partial charge is 0.468 e. The molecule has 0 aliphatic carbocycles. The minimum atomic E-state index is 0.435. The Morgan fingerprint density at radius 3 is 3.00 bits per heavy atom. The SMILES string of the molecule is CC(C)NCC1CCCN(C)C1c1ccco1. The van der Waals surface area contributed by atoms with E-state index in [1.165, 1.54) is 19.4 Å². The summed E-state index contributed by atoms with van der Waals surface area (Å²) in [5.74, 6) is 1.77. The maximum Gasteiger partial charge on any atom is 0.121 e. The van der Waals surface area contributed by atoms with Crippen LogP contribution in [0.15, 0.2) is 22.8 Å². The lowest BCUT2D eigenvalue weighted by Crippen LogP contribution is -2.41. The Bertz CT molecular complexity index is 321. The molecule has 0 spiro atoms. The van der Waals surface area contributed by atoms with Gasteiger partial charge in [-0.25, -0.2) is 0 Å². The second-order valence-electron chi connectivity index (χ2n) is 5.41. The lowest BCUT2D eigenvalue weighted by Gasteiger charge is -2.38. The molecule has 2 unspecified atom stereocenters. The first-order chi connectivity index (χ1) is 8.18. The van der Waals surface area contributed by atoms with Gasteiger partial charge in [0.1, 0.15) is 5.76 Å². The molecular formula is C14H24N2O. The molecule has 2 rings (SSSR count). The van der Waals surface area contributed by atoms with Crippen molar-refractivity contribution >= 4 is 0 Å². The molecule has 0 saturated carbocycles. The maximum atomic E-state index is 5.61. The number of likely N-dealkylation sites (tertiary alicyclic amines) is 1. The molecule has 3 heteroatoms. The van der Waals surface area contributed by atoms with Crippen molar-refractivity contribution in [3.8, 4) is 0 Å². The first-order valence-electron chi connectivity index (χ1n) is 6.65. The third-order valence-corrected chi connectivity index (χ3v) is 3.63. The van der Waals surface area contributed by atoms with Crippen molar-refractivity contribution in [2.75, 3.05) is 20.1 Å². The van der Waals surface area contributed by atoms with Crippen LogP contribution in [0.1, 0.15) is 38.5 Å². The zero-order valence-corrected chi connectivity index (χ0v) is 11.1. The number of piperidine rings is 1. The molecule has 1 fully saturated rings. The van der Waals surface area contributed by atoms with Crippen LogP contribution in [0.2, 0.25) is 0 Å². The number of hydrogen-bond donors (Lipinski definition) is 1. The molecule has 1 aromatic heterocycles. The van der Waals surface area contributed by atoms with Gasteiger partial charge < -0.3 is 9.73 Å². The molecule has 1 aliphatic rings. The third-order valence-electron chi connectivity index (χ3n) is 3.63. The van der Waals surface area contributed by atoms with Gasteiger partial charge in [-0.1, -0.05) is 13.8 Å². The smallest absolute Gasteiger partial charge is 0.121 e. The Morgan fingerprint density at radius 1 is 1.53 bits per heavy atom. The van der Waals surface area contributed by atoms with Crippen LogP contribution in [0.25, 0.3) is 0 Å². The van der Waals surface area contributed by atoms with Gasteiger partial charge in [0.05, 0.1) is 12.3 Å². The molecule has 1 N–H and O–H groups in total. The van der Waals surface area contributed by atoms with E-state index in [4.69, 9.17) is 4.42 Å². The summed E-state index contributed by atoms with van der Waals surface area (Å²) in [5, 5.41) is 3.56. The van der Waals surface area contributed by atoms with E-state index in [2.05, 4.69) is 37.2 Å². The van der Waals surface area contributed by atoms with Crippen LogP contribution in [0.3, 0.4) is 0 Å². The summed E-state index contributed by atoms with van der Waals surface area (Å²) in [5.41, 5.74) is 0.